The van der Waals surface area contributed by atoms with Crippen molar-refractivity contribution in [2.24, 2.45) is 7.05 Å². The molecule has 1 unspecified atom stereocenters. The van der Waals surface area contributed by atoms with Gasteiger partial charge in [-0.1, -0.05) is 17.7 Å². The summed E-state index contributed by atoms with van der Waals surface area (Å²) < 4.78 is 54.5. The molecule has 1 atom stereocenters. The number of alkyl halides is 3. The Kier molecular flexibility index (Phi) is 12.6. The maximum absolute atomic E-state index is 15.7. The van der Waals surface area contributed by atoms with Crippen molar-refractivity contribution < 1.29 is 46.6 Å². The summed E-state index contributed by atoms with van der Waals surface area (Å²) in [6.07, 6.45) is 4.08. The number of carbonyl (C=O) groups excluding carboxylic acids is 3. The number of piperidine rings is 3. The van der Waals surface area contributed by atoms with E-state index in [0.717, 1.165) is 36.9 Å². The number of amides is 3. The van der Waals surface area contributed by atoms with Gasteiger partial charge < -0.3 is 24.6 Å². The molecule has 0 spiro atoms. The van der Waals surface area contributed by atoms with Crippen molar-refractivity contribution in [1.29, 1.82) is 0 Å². The average Bonchev–Trinajstić information content (AvgIpc) is 3.69. The van der Waals surface area contributed by atoms with Crippen LogP contribution in [0, 0.1) is 5.82 Å². The van der Waals surface area contributed by atoms with Gasteiger partial charge in [0.1, 0.15) is 23.1 Å². The van der Waals surface area contributed by atoms with Gasteiger partial charge in [0.2, 0.25) is 17.7 Å². The summed E-state index contributed by atoms with van der Waals surface area (Å²) in [7, 11) is 3.17. The highest BCUT2D eigenvalue weighted by Gasteiger charge is 2.38. The predicted molar refractivity (Wildman–Crippen MR) is 205 cm³/mol. The minimum absolute atomic E-state index is 0.137. The molecule has 0 radical (unpaired) electrons. The zero-order valence-electron chi connectivity index (χ0n) is 31.8. The first-order valence-electron chi connectivity index (χ1n) is 18.7. The SMILES string of the molecule is COc1cc(-c2cn(C)c(=O)c3[nH]ncc23)cc(F)c1C=C1CCN(CC(=O)N2CCC(c3ccc(NC4CCC(=O)NC4=O)cc3)CC2)CC1.O=C(O)C(F)(F)F. The van der Waals surface area contributed by atoms with Gasteiger partial charge in [-0.2, -0.15) is 18.3 Å². The molecule has 7 rings (SSSR count). The van der Waals surface area contributed by atoms with Crippen molar-refractivity contribution in [1.82, 2.24) is 29.9 Å². The van der Waals surface area contributed by atoms with Gasteiger partial charge in [0.05, 0.1) is 25.4 Å². The number of aryl methyl sites for hydroxylation is 1. The van der Waals surface area contributed by atoms with Crippen molar-refractivity contribution in [2.45, 2.75) is 56.7 Å². The van der Waals surface area contributed by atoms with E-state index in [-0.39, 0.29) is 23.3 Å². The molecule has 58 heavy (non-hydrogen) atoms. The van der Waals surface area contributed by atoms with E-state index in [9.17, 15) is 32.3 Å². The number of anilines is 1. The average molecular weight is 810 g/mol. The largest absolute Gasteiger partial charge is 0.496 e. The molecule has 3 aliphatic heterocycles. The highest BCUT2D eigenvalue weighted by molar-refractivity contribution is 6.01. The van der Waals surface area contributed by atoms with Crippen LogP contribution in [0.5, 0.6) is 5.75 Å². The van der Waals surface area contributed by atoms with Crippen molar-refractivity contribution >= 4 is 46.4 Å². The summed E-state index contributed by atoms with van der Waals surface area (Å²) in [5, 5.41) is 20.1. The van der Waals surface area contributed by atoms with E-state index in [2.05, 4.69) is 37.9 Å². The standard InChI is InChI=1S/C38H42FN7O5.C2HF3O2/c1-44-21-30(29-20-40-43-36(29)38(44)50)26-18-31(39)28(33(19-26)51-2)17-23-9-13-45(14-10-23)22-35(48)46-15-11-25(12-16-46)24-3-5-27(6-4-24)41-32-7-8-34(47)42-37(32)49;3-2(4,5)1(6)7/h3-6,17-21,25,32,41H,7-16,22H2,1-2H3,(H,40,43)(H,42,47,49);(H,6,7). The molecule has 0 bridgehead atoms. The highest BCUT2D eigenvalue weighted by atomic mass is 19.4. The van der Waals surface area contributed by atoms with Gasteiger partial charge in [-0.05, 0) is 79.5 Å². The third-order valence-corrected chi connectivity index (χ3v) is 10.7. The number of rotatable bonds is 8. The lowest BCUT2D eigenvalue weighted by atomic mass is 9.89. The van der Waals surface area contributed by atoms with Gasteiger partial charge in [-0.25, -0.2) is 9.18 Å². The molecule has 308 valence electrons. The third kappa shape index (κ3) is 9.73. The number of hydrogen-bond donors (Lipinski definition) is 4. The number of aliphatic carboxylic acids is 1. The first-order valence-corrected chi connectivity index (χ1v) is 18.7. The molecule has 5 heterocycles. The van der Waals surface area contributed by atoms with E-state index in [1.54, 1.807) is 25.5 Å². The third-order valence-electron chi connectivity index (χ3n) is 10.7. The Balaban J connectivity index is 0.000000743. The van der Waals surface area contributed by atoms with Crippen molar-refractivity contribution in [3.63, 3.8) is 0 Å². The molecular weight excluding hydrogens is 766 g/mol. The maximum Gasteiger partial charge on any atom is 0.490 e. The summed E-state index contributed by atoms with van der Waals surface area (Å²) in [6, 6.07) is 11.0. The van der Waals surface area contributed by atoms with E-state index in [1.807, 2.05) is 23.1 Å². The molecule has 3 saturated heterocycles. The van der Waals surface area contributed by atoms with E-state index >= 15 is 4.39 Å². The molecule has 2 aromatic heterocycles. The number of ether oxygens (including phenoxy) is 1. The smallest absolute Gasteiger partial charge is 0.490 e. The fraction of sp³-hybridized carbons (Fsp3) is 0.400. The van der Waals surface area contributed by atoms with Crippen LogP contribution in [0.15, 0.2) is 59.2 Å². The van der Waals surface area contributed by atoms with Crippen LogP contribution >= 0.6 is 0 Å². The number of halogens is 4. The number of nitrogens with zero attached hydrogens (tertiary/aromatic N) is 4. The predicted octanol–water partition coefficient (Wildman–Crippen LogP) is 4.81. The van der Waals surface area contributed by atoms with Gasteiger partial charge >= 0.3 is 12.1 Å². The Morgan fingerprint density at radius 3 is 2.31 bits per heavy atom. The van der Waals surface area contributed by atoms with Crippen molar-refractivity contribution in [3.05, 3.63) is 81.7 Å². The van der Waals surface area contributed by atoms with Gasteiger partial charge in [-0.15, -0.1) is 0 Å². The van der Waals surface area contributed by atoms with Gasteiger partial charge in [0.25, 0.3) is 5.56 Å². The highest BCUT2D eigenvalue weighted by Crippen LogP contribution is 2.35. The number of aromatic amines is 1. The number of likely N-dealkylation sites (tertiary alicyclic amines) is 2. The molecule has 0 aliphatic carbocycles. The molecule has 0 saturated carbocycles. The fourth-order valence-electron chi connectivity index (χ4n) is 7.42. The molecule has 14 nitrogen and oxygen atoms in total. The lowest BCUT2D eigenvalue weighted by molar-refractivity contribution is -0.192. The van der Waals surface area contributed by atoms with Crippen LogP contribution in [0.1, 0.15) is 55.6 Å². The minimum atomic E-state index is -5.08. The number of carbonyl (C=O) groups is 4. The van der Waals surface area contributed by atoms with E-state index in [0.29, 0.717) is 84.8 Å². The Morgan fingerprint density at radius 2 is 1.69 bits per heavy atom. The molecular formula is C40H43F4N7O7. The molecule has 2 aromatic carbocycles. The summed E-state index contributed by atoms with van der Waals surface area (Å²) in [5.41, 5.74) is 4.96. The second-order valence-corrected chi connectivity index (χ2v) is 14.5. The minimum Gasteiger partial charge on any atom is -0.496 e. The van der Waals surface area contributed by atoms with Gasteiger partial charge in [-0.3, -0.25) is 34.5 Å². The monoisotopic (exact) mass is 809 g/mol. The summed E-state index contributed by atoms with van der Waals surface area (Å²) in [5.74, 6) is -2.78. The number of pyridine rings is 1. The number of methoxy groups -OCH3 is 1. The van der Waals surface area contributed by atoms with Crippen LogP contribution in [0.25, 0.3) is 28.1 Å². The maximum atomic E-state index is 15.7. The normalized spacial score (nSPS) is 18.0. The number of aromatic nitrogens is 3. The van der Waals surface area contributed by atoms with Crippen LogP contribution in [-0.4, -0.2) is 105 Å². The lowest BCUT2D eigenvalue weighted by Crippen LogP contribution is -2.47. The van der Waals surface area contributed by atoms with Crippen molar-refractivity contribution in [3.8, 4) is 16.9 Å². The molecule has 3 amide bonds. The van der Waals surface area contributed by atoms with Gasteiger partial charge in [0, 0.05) is 62.5 Å². The summed E-state index contributed by atoms with van der Waals surface area (Å²) in [6.45, 7) is 3.21. The number of nitrogens with one attached hydrogen (secondary N) is 3. The summed E-state index contributed by atoms with van der Waals surface area (Å²) in [4.78, 5) is 62.3. The van der Waals surface area contributed by atoms with E-state index < -0.39 is 24.0 Å². The number of benzene rings is 2. The fourth-order valence-corrected chi connectivity index (χ4v) is 7.42. The van der Waals surface area contributed by atoms with Crippen LogP contribution < -0.4 is 20.9 Å². The number of carboxylic acid groups (broad SMARTS) is 1. The quantitative estimate of drug-likeness (QED) is 0.143. The Hall–Kier alpha value is -6.04. The molecule has 18 heteroatoms. The van der Waals surface area contributed by atoms with E-state index in [4.69, 9.17) is 14.6 Å². The molecule has 4 N–H and O–H groups in total. The molecule has 4 aromatic rings. The molecule has 3 fully saturated rings. The number of carboxylic acids is 1. The first kappa shape index (κ1) is 41.6. The van der Waals surface area contributed by atoms with Crippen LogP contribution in [0.3, 0.4) is 0 Å². The Bertz CT molecular complexity index is 2270. The zero-order valence-corrected chi connectivity index (χ0v) is 31.8. The van der Waals surface area contributed by atoms with Gasteiger partial charge in [0.15, 0.2) is 0 Å². The van der Waals surface area contributed by atoms with Crippen molar-refractivity contribution in [2.75, 3.05) is 45.2 Å². The number of hydrogen-bond acceptors (Lipinski definition) is 9. The van der Waals surface area contributed by atoms with Crippen LogP contribution in [-0.2, 0) is 26.2 Å². The number of fused-ring (bicyclic) bond motifs is 1. The summed E-state index contributed by atoms with van der Waals surface area (Å²) >= 11 is 0. The molecule has 3 aliphatic rings. The Labute approximate surface area is 329 Å². The topological polar surface area (TPSA) is 179 Å². The number of H-pyrrole nitrogens is 1. The van der Waals surface area contributed by atoms with Crippen LogP contribution in [0.4, 0.5) is 23.2 Å². The zero-order chi connectivity index (χ0) is 41.7. The number of imide groups is 1. The van der Waals surface area contributed by atoms with Crippen LogP contribution in [0.2, 0.25) is 0 Å². The Morgan fingerprint density at radius 1 is 1.02 bits per heavy atom. The second-order valence-electron chi connectivity index (χ2n) is 14.5. The lowest BCUT2D eigenvalue weighted by Gasteiger charge is -2.35. The second kappa shape index (κ2) is 17.6. The first-order chi connectivity index (χ1) is 27.6. The van der Waals surface area contributed by atoms with E-state index in [1.165, 1.54) is 23.3 Å².